The van der Waals surface area contributed by atoms with Gasteiger partial charge in [0, 0.05) is 28.4 Å². The van der Waals surface area contributed by atoms with Gasteiger partial charge in [0.1, 0.15) is 0 Å². The van der Waals surface area contributed by atoms with Gasteiger partial charge in [0.05, 0.1) is 17.2 Å². The van der Waals surface area contributed by atoms with Crippen molar-refractivity contribution in [2.75, 3.05) is 0 Å². The topological polar surface area (TPSA) is 66.0 Å². The van der Waals surface area contributed by atoms with Gasteiger partial charge in [0.15, 0.2) is 0 Å². The number of fused-ring (bicyclic) bond motifs is 3. The molecular formula is C16H12N2O2. The number of hydrogen-bond donors (Lipinski definition) is 1. The highest BCUT2D eigenvalue weighted by atomic mass is 16.4. The van der Waals surface area contributed by atoms with Gasteiger partial charge in [0.25, 0.3) is 0 Å². The van der Waals surface area contributed by atoms with Crippen LogP contribution in [0.1, 0.15) is 22.8 Å². The molecule has 1 heterocycles. The maximum atomic E-state index is 11.1. The number of nitrogens with zero attached hydrogens (tertiary/aromatic N) is 2. The molecule has 0 fully saturated rings. The summed E-state index contributed by atoms with van der Waals surface area (Å²) in [6.45, 7) is 2.83. The predicted molar refractivity (Wildman–Crippen MR) is 76.8 cm³/mol. The summed E-state index contributed by atoms with van der Waals surface area (Å²) in [7, 11) is 0. The van der Waals surface area contributed by atoms with Gasteiger partial charge in [-0.25, -0.2) is 4.79 Å². The highest BCUT2D eigenvalue weighted by molar-refractivity contribution is 6.10. The van der Waals surface area contributed by atoms with E-state index in [2.05, 4.69) is 10.6 Å². The predicted octanol–water partition coefficient (Wildman–Crippen LogP) is 3.38. The van der Waals surface area contributed by atoms with E-state index in [9.17, 15) is 4.79 Å². The summed E-state index contributed by atoms with van der Waals surface area (Å²) in [6.07, 6.45) is 0. The van der Waals surface area contributed by atoms with Gasteiger partial charge in [-0.2, -0.15) is 5.26 Å². The lowest BCUT2D eigenvalue weighted by Gasteiger charge is -2.02. The number of aryl methyl sites for hydroxylation is 1. The van der Waals surface area contributed by atoms with E-state index < -0.39 is 5.97 Å². The molecule has 20 heavy (non-hydrogen) atoms. The van der Waals surface area contributed by atoms with Crippen LogP contribution in [-0.2, 0) is 6.54 Å². The number of carboxylic acids is 1. The lowest BCUT2D eigenvalue weighted by atomic mass is 10.1. The smallest absolute Gasteiger partial charge is 0.335 e. The Balaban J connectivity index is 2.48. The summed E-state index contributed by atoms with van der Waals surface area (Å²) in [4.78, 5) is 11.1. The van der Waals surface area contributed by atoms with Crippen LogP contribution < -0.4 is 0 Å². The molecule has 3 rings (SSSR count). The van der Waals surface area contributed by atoms with Crippen molar-refractivity contribution in [1.82, 2.24) is 4.57 Å². The van der Waals surface area contributed by atoms with Crippen LogP contribution in [0.3, 0.4) is 0 Å². The van der Waals surface area contributed by atoms with Crippen LogP contribution in [0.4, 0.5) is 0 Å². The van der Waals surface area contributed by atoms with Gasteiger partial charge in [-0.15, -0.1) is 0 Å². The van der Waals surface area contributed by atoms with Crippen molar-refractivity contribution in [3.05, 3.63) is 47.5 Å². The van der Waals surface area contributed by atoms with Crippen LogP contribution in [0.5, 0.6) is 0 Å². The largest absolute Gasteiger partial charge is 0.478 e. The van der Waals surface area contributed by atoms with Crippen molar-refractivity contribution in [1.29, 1.82) is 5.26 Å². The van der Waals surface area contributed by atoms with Crippen LogP contribution in [-0.4, -0.2) is 15.6 Å². The van der Waals surface area contributed by atoms with Crippen molar-refractivity contribution in [2.24, 2.45) is 0 Å². The molecule has 98 valence electrons. The average Bonchev–Trinajstić information content (AvgIpc) is 2.79. The zero-order valence-electron chi connectivity index (χ0n) is 10.9. The minimum absolute atomic E-state index is 0.259. The number of carboxylic acid groups (broad SMARTS) is 1. The van der Waals surface area contributed by atoms with Crippen LogP contribution in [0.2, 0.25) is 0 Å². The molecule has 4 nitrogen and oxygen atoms in total. The number of hydrogen-bond acceptors (Lipinski definition) is 2. The van der Waals surface area contributed by atoms with Gasteiger partial charge in [-0.3, -0.25) is 0 Å². The molecule has 3 aromatic rings. The Morgan fingerprint density at radius 1 is 1.20 bits per heavy atom. The maximum absolute atomic E-state index is 11.1. The van der Waals surface area contributed by atoms with Crippen molar-refractivity contribution in [3.63, 3.8) is 0 Å². The Morgan fingerprint density at radius 3 is 2.45 bits per heavy atom. The number of aromatic nitrogens is 1. The summed E-state index contributed by atoms with van der Waals surface area (Å²) in [5.41, 5.74) is 2.84. The van der Waals surface area contributed by atoms with Gasteiger partial charge < -0.3 is 9.67 Å². The zero-order chi connectivity index (χ0) is 14.3. The highest BCUT2D eigenvalue weighted by Crippen LogP contribution is 2.30. The zero-order valence-corrected chi connectivity index (χ0v) is 10.9. The van der Waals surface area contributed by atoms with E-state index >= 15 is 0 Å². The first kappa shape index (κ1) is 12.2. The molecule has 1 N–H and O–H groups in total. The first-order chi connectivity index (χ1) is 9.65. The summed E-state index contributed by atoms with van der Waals surface area (Å²) < 4.78 is 2.12. The molecule has 0 aliphatic rings. The van der Waals surface area contributed by atoms with Gasteiger partial charge in [0.2, 0.25) is 0 Å². The minimum atomic E-state index is -0.944. The summed E-state index contributed by atoms with van der Waals surface area (Å²) in [5, 5.41) is 19.9. The van der Waals surface area contributed by atoms with Gasteiger partial charge >= 0.3 is 5.97 Å². The Hall–Kier alpha value is -2.80. The molecule has 0 saturated heterocycles. The third-order valence-electron chi connectivity index (χ3n) is 3.56. The van der Waals surface area contributed by atoms with Crippen molar-refractivity contribution in [2.45, 2.75) is 13.5 Å². The van der Waals surface area contributed by atoms with Gasteiger partial charge in [-0.1, -0.05) is 0 Å². The maximum Gasteiger partial charge on any atom is 0.335 e. The molecule has 0 aliphatic heterocycles. The minimum Gasteiger partial charge on any atom is -0.478 e. The average molecular weight is 264 g/mol. The van der Waals surface area contributed by atoms with Crippen LogP contribution in [0.15, 0.2) is 36.4 Å². The number of rotatable bonds is 2. The van der Waals surface area contributed by atoms with E-state index in [1.807, 2.05) is 25.1 Å². The molecule has 1 aromatic heterocycles. The number of aromatic carboxylic acids is 1. The van der Waals surface area contributed by atoms with Crippen LogP contribution in [0.25, 0.3) is 21.8 Å². The van der Waals surface area contributed by atoms with E-state index in [1.54, 1.807) is 18.2 Å². The lowest BCUT2D eigenvalue weighted by molar-refractivity contribution is 0.0697. The molecule has 0 aliphatic carbocycles. The van der Waals surface area contributed by atoms with Gasteiger partial charge in [-0.05, 0) is 43.3 Å². The molecule has 0 amide bonds. The van der Waals surface area contributed by atoms with Crippen molar-refractivity contribution >= 4 is 27.8 Å². The third kappa shape index (κ3) is 1.64. The monoisotopic (exact) mass is 264 g/mol. The Morgan fingerprint density at radius 2 is 1.85 bits per heavy atom. The lowest BCUT2D eigenvalue weighted by Crippen LogP contribution is -1.96. The fourth-order valence-corrected chi connectivity index (χ4v) is 2.65. The third-order valence-corrected chi connectivity index (χ3v) is 3.56. The van der Waals surface area contributed by atoms with E-state index in [4.69, 9.17) is 10.4 Å². The SMILES string of the molecule is CCn1c2ccc(C#N)cc2c2cc(C(=O)O)ccc21. The number of carbonyl (C=O) groups is 1. The summed E-state index contributed by atoms with van der Waals surface area (Å²) in [5.74, 6) is -0.944. The standard InChI is InChI=1S/C16H12N2O2/c1-2-18-14-5-3-10(9-17)7-12(14)13-8-11(16(19)20)4-6-15(13)18/h3-8H,2H2,1H3,(H,19,20). The molecule has 0 atom stereocenters. The van der Waals surface area contributed by atoms with Crippen molar-refractivity contribution in [3.8, 4) is 6.07 Å². The first-order valence-electron chi connectivity index (χ1n) is 6.35. The fraction of sp³-hybridized carbons (Fsp3) is 0.125. The Kier molecular flexibility index (Phi) is 2.69. The van der Waals surface area contributed by atoms with Crippen LogP contribution >= 0.6 is 0 Å². The molecule has 2 aromatic carbocycles. The molecule has 4 heteroatoms. The molecule has 0 unspecified atom stereocenters. The quantitative estimate of drug-likeness (QED) is 0.771. The first-order valence-corrected chi connectivity index (χ1v) is 6.35. The summed E-state index contributed by atoms with van der Waals surface area (Å²) >= 11 is 0. The summed E-state index contributed by atoms with van der Waals surface area (Å²) in [6, 6.07) is 12.7. The van der Waals surface area contributed by atoms with E-state index in [0.29, 0.717) is 5.56 Å². The second-order valence-corrected chi connectivity index (χ2v) is 4.63. The molecule has 0 saturated carbocycles. The normalized spacial score (nSPS) is 10.8. The number of benzene rings is 2. The Labute approximate surface area is 115 Å². The second-order valence-electron chi connectivity index (χ2n) is 4.63. The molecule has 0 bridgehead atoms. The van der Waals surface area contributed by atoms with E-state index in [1.165, 1.54) is 0 Å². The fourth-order valence-electron chi connectivity index (χ4n) is 2.65. The van der Waals surface area contributed by atoms with Crippen LogP contribution in [0, 0.1) is 11.3 Å². The Bertz CT molecular complexity index is 885. The molecule has 0 spiro atoms. The second kappa shape index (κ2) is 4.39. The van der Waals surface area contributed by atoms with E-state index in [0.717, 1.165) is 28.4 Å². The van der Waals surface area contributed by atoms with E-state index in [-0.39, 0.29) is 5.56 Å². The number of nitriles is 1. The van der Waals surface area contributed by atoms with Crippen molar-refractivity contribution < 1.29 is 9.90 Å². The highest BCUT2D eigenvalue weighted by Gasteiger charge is 2.12. The molecular weight excluding hydrogens is 252 g/mol. The molecule has 0 radical (unpaired) electrons.